The Bertz CT molecular complexity index is 707. The summed E-state index contributed by atoms with van der Waals surface area (Å²) in [5, 5.41) is 6.57. The van der Waals surface area contributed by atoms with Gasteiger partial charge in [-0.25, -0.2) is 13.1 Å². The van der Waals surface area contributed by atoms with Gasteiger partial charge in [-0.05, 0) is 6.42 Å². The van der Waals surface area contributed by atoms with Crippen LogP contribution < -0.4 is 0 Å². The van der Waals surface area contributed by atoms with Crippen molar-refractivity contribution in [2.75, 3.05) is 5.75 Å². The second-order valence-electron chi connectivity index (χ2n) is 4.32. The van der Waals surface area contributed by atoms with Crippen molar-refractivity contribution in [1.29, 1.82) is 0 Å². The van der Waals surface area contributed by atoms with Crippen LogP contribution in [0.15, 0.2) is 11.7 Å². The van der Waals surface area contributed by atoms with Crippen molar-refractivity contribution in [2.24, 2.45) is 7.05 Å². The average Bonchev–Trinajstić information content (AvgIpc) is 2.95. The van der Waals surface area contributed by atoms with E-state index in [1.54, 1.807) is 5.51 Å². The number of nitrogens with zero attached hydrogens (tertiary/aromatic N) is 4. The largest absolute Gasteiger partial charge is 0.434 e. The van der Waals surface area contributed by atoms with Gasteiger partial charge in [0.2, 0.25) is 0 Å². The molecular formula is C10H11F3N4O2S2. The quantitative estimate of drug-likeness (QED) is 0.823. The number of aromatic nitrogens is 4. The summed E-state index contributed by atoms with van der Waals surface area (Å²) in [6.45, 7) is 0. The Labute approximate surface area is 122 Å². The molecule has 11 heteroatoms. The molecule has 0 aromatic carbocycles. The van der Waals surface area contributed by atoms with Crippen molar-refractivity contribution in [3.63, 3.8) is 0 Å². The molecule has 6 nitrogen and oxygen atoms in total. The first-order valence-corrected chi connectivity index (χ1v) is 8.43. The molecule has 0 radical (unpaired) electrons. The molecule has 0 N–H and O–H groups in total. The second-order valence-corrected chi connectivity index (χ2v) is 7.47. The molecule has 0 atom stereocenters. The smallest absolute Gasteiger partial charge is 0.253 e. The maximum absolute atomic E-state index is 12.8. The van der Waals surface area contributed by atoms with Crippen LogP contribution in [0.2, 0.25) is 0 Å². The zero-order valence-corrected chi connectivity index (χ0v) is 12.5. The molecule has 0 saturated carbocycles. The van der Waals surface area contributed by atoms with Crippen molar-refractivity contribution in [1.82, 2.24) is 20.0 Å². The van der Waals surface area contributed by atoms with Gasteiger partial charge in [0, 0.05) is 18.1 Å². The summed E-state index contributed by atoms with van der Waals surface area (Å²) in [5.74, 6) is -1.04. The Hall–Kier alpha value is -1.49. The lowest BCUT2D eigenvalue weighted by Crippen LogP contribution is -2.18. The van der Waals surface area contributed by atoms with Crippen LogP contribution in [-0.2, 0) is 35.2 Å². The molecule has 0 aliphatic carbocycles. The van der Waals surface area contributed by atoms with Crippen molar-refractivity contribution in [3.05, 3.63) is 28.0 Å². The molecule has 0 amide bonds. The monoisotopic (exact) mass is 340 g/mol. The van der Waals surface area contributed by atoms with Crippen molar-refractivity contribution in [2.45, 2.75) is 18.3 Å². The number of aryl methyl sites for hydroxylation is 2. The third kappa shape index (κ3) is 4.00. The summed E-state index contributed by atoms with van der Waals surface area (Å²) in [6.07, 6.45) is -2.95. The Morgan fingerprint density at radius 1 is 1.38 bits per heavy atom. The lowest BCUT2D eigenvalue weighted by atomic mass is 10.3. The highest BCUT2D eigenvalue weighted by Gasteiger charge is 2.39. The maximum Gasteiger partial charge on any atom is 0.434 e. The number of halogens is 3. The zero-order valence-electron chi connectivity index (χ0n) is 10.8. The molecule has 2 aromatic rings. The van der Waals surface area contributed by atoms with E-state index >= 15 is 0 Å². The van der Waals surface area contributed by atoms with Crippen LogP contribution in [0.3, 0.4) is 0 Å². The third-order valence-corrected chi connectivity index (χ3v) is 5.04. The van der Waals surface area contributed by atoms with Gasteiger partial charge in [-0.3, -0.25) is 4.98 Å². The van der Waals surface area contributed by atoms with Crippen LogP contribution in [0.25, 0.3) is 0 Å². The van der Waals surface area contributed by atoms with Crippen LogP contribution in [0.5, 0.6) is 0 Å². The third-order valence-electron chi connectivity index (χ3n) is 2.66. The van der Waals surface area contributed by atoms with E-state index in [1.165, 1.54) is 17.5 Å². The molecule has 2 rings (SSSR count). The van der Waals surface area contributed by atoms with Crippen LogP contribution >= 0.6 is 11.3 Å². The fourth-order valence-electron chi connectivity index (χ4n) is 1.75. The SMILES string of the molecule is Cn1nnc(CS(=O)(=O)CCc2cncs2)c1C(F)(F)F. The Morgan fingerprint density at radius 3 is 2.67 bits per heavy atom. The summed E-state index contributed by atoms with van der Waals surface area (Å²) >= 11 is 1.29. The van der Waals surface area contributed by atoms with Crippen LogP contribution in [-0.4, -0.2) is 34.1 Å². The van der Waals surface area contributed by atoms with E-state index < -0.39 is 33.2 Å². The zero-order chi connectivity index (χ0) is 15.7. The van der Waals surface area contributed by atoms with Crippen molar-refractivity contribution >= 4 is 21.2 Å². The molecule has 21 heavy (non-hydrogen) atoms. The predicted molar refractivity (Wildman–Crippen MR) is 69.3 cm³/mol. The number of rotatable bonds is 5. The van der Waals surface area contributed by atoms with E-state index in [-0.39, 0.29) is 12.2 Å². The van der Waals surface area contributed by atoms with Crippen LogP contribution in [0.4, 0.5) is 13.2 Å². The Kier molecular flexibility index (Phi) is 4.33. The molecule has 0 unspecified atom stereocenters. The van der Waals surface area contributed by atoms with E-state index in [9.17, 15) is 21.6 Å². The lowest BCUT2D eigenvalue weighted by Gasteiger charge is -2.08. The van der Waals surface area contributed by atoms with Gasteiger partial charge in [0.25, 0.3) is 0 Å². The highest BCUT2D eigenvalue weighted by atomic mass is 32.2. The van der Waals surface area contributed by atoms with E-state index in [1.807, 2.05) is 0 Å². The van der Waals surface area contributed by atoms with Crippen LogP contribution in [0, 0.1) is 0 Å². The Balaban J connectivity index is 2.14. The number of hydrogen-bond acceptors (Lipinski definition) is 6. The summed E-state index contributed by atoms with van der Waals surface area (Å²) in [5.41, 5.74) is -0.148. The van der Waals surface area contributed by atoms with Gasteiger partial charge < -0.3 is 0 Å². The van der Waals surface area contributed by atoms with E-state index in [2.05, 4.69) is 15.3 Å². The van der Waals surface area contributed by atoms with Gasteiger partial charge >= 0.3 is 6.18 Å². The molecule has 116 valence electrons. The van der Waals surface area contributed by atoms with Gasteiger partial charge in [-0.15, -0.1) is 16.4 Å². The minimum Gasteiger partial charge on any atom is -0.253 e. The van der Waals surface area contributed by atoms with Gasteiger partial charge in [-0.2, -0.15) is 13.2 Å². The first-order chi connectivity index (χ1) is 9.69. The first kappa shape index (κ1) is 15.9. The molecular weight excluding hydrogens is 329 g/mol. The molecule has 0 spiro atoms. The summed E-state index contributed by atoms with van der Waals surface area (Å²) in [6, 6.07) is 0. The lowest BCUT2D eigenvalue weighted by molar-refractivity contribution is -0.144. The van der Waals surface area contributed by atoms with Crippen molar-refractivity contribution in [3.8, 4) is 0 Å². The van der Waals surface area contributed by atoms with E-state index in [4.69, 9.17) is 0 Å². The van der Waals surface area contributed by atoms with Crippen molar-refractivity contribution < 1.29 is 21.6 Å². The molecule has 2 heterocycles. The standard InChI is InChI=1S/C10H11F3N4O2S2/c1-17-9(10(11,12)13)8(15-16-17)5-21(18,19)3-2-7-4-14-6-20-7/h4,6H,2-3,5H2,1H3. The topological polar surface area (TPSA) is 77.7 Å². The normalized spacial score (nSPS) is 12.8. The summed E-state index contributed by atoms with van der Waals surface area (Å²) < 4.78 is 62.9. The van der Waals surface area contributed by atoms with E-state index in [0.29, 0.717) is 4.68 Å². The van der Waals surface area contributed by atoms with Gasteiger partial charge in [0.1, 0.15) is 5.69 Å². The average molecular weight is 340 g/mol. The predicted octanol–water partition coefficient (Wildman–Crippen LogP) is 1.45. The molecule has 0 bridgehead atoms. The summed E-state index contributed by atoms with van der Waals surface area (Å²) in [4.78, 5) is 4.56. The highest BCUT2D eigenvalue weighted by molar-refractivity contribution is 7.90. The second kappa shape index (κ2) is 5.72. The molecule has 0 fully saturated rings. The fourth-order valence-corrected chi connectivity index (χ4v) is 3.76. The number of thiazole rings is 1. The van der Waals surface area contributed by atoms with Crippen LogP contribution in [0.1, 0.15) is 16.3 Å². The highest BCUT2D eigenvalue weighted by Crippen LogP contribution is 2.31. The van der Waals surface area contributed by atoms with Gasteiger partial charge in [-0.1, -0.05) is 5.21 Å². The molecule has 0 saturated heterocycles. The fraction of sp³-hybridized carbons (Fsp3) is 0.500. The molecule has 2 aromatic heterocycles. The number of alkyl halides is 3. The summed E-state index contributed by atoms with van der Waals surface area (Å²) in [7, 11) is -2.64. The molecule has 0 aliphatic heterocycles. The van der Waals surface area contributed by atoms with E-state index in [0.717, 1.165) is 11.9 Å². The number of sulfone groups is 1. The first-order valence-electron chi connectivity index (χ1n) is 5.72. The molecule has 0 aliphatic rings. The van der Waals surface area contributed by atoms with Gasteiger partial charge in [0.15, 0.2) is 15.5 Å². The minimum atomic E-state index is -4.69. The Morgan fingerprint density at radius 2 is 2.10 bits per heavy atom. The number of hydrogen-bond donors (Lipinski definition) is 0. The van der Waals surface area contributed by atoms with Gasteiger partial charge in [0.05, 0.1) is 17.0 Å². The maximum atomic E-state index is 12.8. The minimum absolute atomic E-state index is 0.217.